The lowest BCUT2D eigenvalue weighted by atomic mass is 10.0. The first-order chi connectivity index (χ1) is 7.15. The van der Waals surface area contributed by atoms with Crippen LogP contribution in [0.15, 0.2) is 22.9 Å². The van der Waals surface area contributed by atoms with Gasteiger partial charge in [-0.05, 0) is 31.0 Å². The fourth-order valence-electron chi connectivity index (χ4n) is 1.71. The first-order valence-electron chi connectivity index (χ1n) is 4.58. The van der Waals surface area contributed by atoms with Gasteiger partial charge in [0, 0.05) is 27.6 Å². The van der Waals surface area contributed by atoms with Crippen molar-refractivity contribution in [3.8, 4) is 6.07 Å². The molecule has 0 bridgehead atoms. The van der Waals surface area contributed by atoms with E-state index in [1.54, 1.807) is 12.4 Å². The number of aromatic nitrogens is 1. The van der Waals surface area contributed by atoms with Gasteiger partial charge in [0.15, 0.2) is 0 Å². The molecule has 0 aliphatic heterocycles. The summed E-state index contributed by atoms with van der Waals surface area (Å²) in [6.45, 7) is 4.06. The average molecular weight is 261 g/mol. The highest BCUT2D eigenvalue weighted by atomic mass is 79.9. The highest BCUT2D eigenvalue weighted by Gasteiger charge is 2.08. The second-order valence-electron chi connectivity index (χ2n) is 3.53. The molecule has 0 amide bonds. The van der Waals surface area contributed by atoms with Gasteiger partial charge in [0.1, 0.15) is 6.07 Å². The molecule has 0 unspecified atom stereocenters. The first kappa shape index (κ1) is 10.1. The third-order valence-corrected chi connectivity index (χ3v) is 3.77. The lowest BCUT2D eigenvalue weighted by Crippen LogP contribution is -1.89. The SMILES string of the molecule is Cc1cc2c(C#N)cncc2c(C)c1Br. The average Bonchev–Trinajstić information content (AvgIpc) is 2.25. The zero-order valence-corrected chi connectivity index (χ0v) is 10.1. The Kier molecular flexibility index (Phi) is 2.45. The van der Waals surface area contributed by atoms with E-state index in [0.29, 0.717) is 5.56 Å². The fourth-order valence-corrected chi connectivity index (χ4v) is 2.04. The first-order valence-corrected chi connectivity index (χ1v) is 5.38. The van der Waals surface area contributed by atoms with E-state index >= 15 is 0 Å². The van der Waals surface area contributed by atoms with Crippen molar-refractivity contribution in [2.45, 2.75) is 13.8 Å². The Morgan fingerprint density at radius 3 is 2.67 bits per heavy atom. The number of rotatable bonds is 0. The van der Waals surface area contributed by atoms with Crippen LogP contribution < -0.4 is 0 Å². The van der Waals surface area contributed by atoms with Crippen LogP contribution in [-0.4, -0.2) is 4.98 Å². The van der Waals surface area contributed by atoms with Crippen molar-refractivity contribution in [1.29, 1.82) is 5.26 Å². The molecule has 2 aromatic rings. The Balaban J connectivity index is 2.99. The quantitative estimate of drug-likeness (QED) is 0.727. The van der Waals surface area contributed by atoms with Gasteiger partial charge in [-0.3, -0.25) is 4.98 Å². The van der Waals surface area contributed by atoms with Gasteiger partial charge in [-0.15, -0.1) is 0 Å². The monoisotopic (exact) mass is 260 g/mol. The van der Waals surface area contributed by atoms with Crippen molar-refractivity contribution in [2.75, 3.05) is 0 Å². The summed E-state index contributed by atoms with van der Waals surface area (Å²) in [5.74, 6) is 0. The summed E-state index contributed by atoms with van der Waals surface area (Å²) < 4.78 is 1.09. The molecule has 0 aliphatic rings. The summed E-state index contributed by atoms with van der Waals surface area (Å²) in [5.41, 5.74) is 2.91. The van der Waals surface area contributed by atoms with E-state index in [9.17, 15) is 0 Å². The molecule has 1 heterocycles. The Morgan fingerprint density at radius 2 is 2.00 bits per heavy atom. The molecular formula is C12H9BrN2. The standard InChI is InChI=1S/C12H9BrN2/c1-7-3-10-9(4-14)5-15-6-11(10)8(2)12(7)13/h3,5-6H,1-2H3. The Hall–Kier alpha value is -1.40. The van der Waals surface area contributed by atoms with Crippen LogP contribution >= 0.6 is 15.9 Å². The van der Waals surface area contributed by atoms with Crippen LogP contribution in [0.4, 0.5) is 0 Å². The number of aryl methyl sites for hydroxylation is 2. The maximum Gasteiger partial charge on any atom is 0.101 e. The minimum atomic E-state index is 0.631. The molecule has 2 nitrogen and oxygen atoms in total. The fraction of sp³-hybridized carbons (Fsp3) is 0.167. The number of nitrogens with zero attached hydrogens (tertiary/aromatic N) is 2. The number of hydrogen-bond donors (Lipinski definition) is 0. The van der Waals surface area contributed by atoms with Crippen molar-refractivity contribution < 1.29 is 0 Å². The maximum atomic E-state index is 8.98. The molecule has 15 heavy (non-hydrogen) atoms. The zero-order chi connectivity index (χ0) is 11.0. The van der Waals surface area contributed by atoms with Gasteiger partial charge in [-0.1, -0.05) is 15.9 Å². The van der Waals surface area contributed by atoms with E-state index < -0.39 is 0 Å². The summed E-state index contributed by atoms with van der Waals surface area (Å²) in [4.78, 5) is 4.07. The summed E-state index contributed by atoms with van der Waals surface area (Å²) in [5, 5.41) is 11.0. The molecule has 0 aliphatic carbocycles. The van der Waals surface area contributed by atoms with Gasteiger partial charge >= 0.3 is 0 Å². The smallest absolute Gasteiger partial charge is 0.101 e. The van der Waals surface area contributed by atoms with Crippen LogP contribution in [0.1, 0.15) is 16.7 Å². The second kappa shape index (κ2) is 3.63. The Morgan fingerprint density at radius 1 is 1.27 bits per heavy atom. The van der Waals surface area contributed by atoms with Crippen molar-refractivity contribution in [3.05, 3.63) is 39.6 Å². The molecule has 0 saturated carbocycles. The number of hydrogen-bond acceptors (Lipinski definition) is 2. The van der Waals surface area contributed by atoms with Crippen LogP contribution in [0.3, 0.4) is 0 Å². The van der Waals surface area contributed by atoms with Gasteiger partial charge in [0.2, 0.25) is 0 Å². The van der Waals surface area contributed by atoms with Crippen molar-refractivity contribution in [2.24, 2.45) is 0 Å². The van der Waals surface area contributed by atoms with Gasteiger partial charge in [-0.2, -0.15) is 5.26 Å². The molecule has 0 fully saturated rings. The van der Waals surface area contributed by atoms with Crippen molar-refractivity contribution in [1.82, 2.24) is 4.98 Å². The minimum absolute atomic E-state index is 0.631. The number of halogens is 1. The second-order valence-corrected chi connectivity index (χ2v) is 4.32. The summed E-state index contributed by atoms with van der Waals surface area (Å²) in [6.07, 6.45) is 3.41. The third kappa shape index (κ3) is 1.51. The van der Waals surface area contributed by atoms with Crippen LogP contribution in [0.5, 0.6) is 0 Å². The van der Waals surface area contributed by atoms with E-state index in [2.05, 4.69) is 27.0 Å². The maximum absolute atomic E-state index is 8.98. The van der Waals surface area contributed by atoms with Crippen LogP contribution in [0, 0.1) is 25.2 Å². The van der Waals surface area contributed by atoms with E-state index in [4.69, 9.17) is 5.26 Å². The molecule has 2 rings (SSSR count). The Labute approximate surface area is 96.7 Å². The third-order valence-electron chi connectivity index (χ3n) is 2.55. The number of fused-ring (bicyclic) bond motifs is 1. The van der Waals surface area contributed by atoms with E-state index in [1.807, 2.05) is 19.9 Å². The van der Waals surface area contributed by atoms with Gasteiger partial charge in [0.05, 0.1) is 5.56 Å². The molecular weight excluding hydrogens is 252 g/mol. The van der Waals surface area contributed by atoms with E-state index in [1.165, 1.54) is 0 Å². The molecule has 1 aromatic carbocycles. The molecule has 0 N–H and O–H groups in total. The number of pyridine rings is 1. The molecule has 3 heteroatoms. The topological polar surface area (TPSA) is 36.7 Å². The molecule has 0 saturated heterocycles. The number of nitriles is 1. The van der Waals surface area contributed by atoms with Crippen LogP contribution in [0.25, 0.3) is 10.8 Å². The van der Waals surface area contributed by atoms with Gasteiger partial charge in [-0.25, -0.2) is 0 Å². The Bertz CT molecular complexity index is 582. The summed E-state index contributed by atoms with van der Waals surface area (Å²) in [6, 6.07) is 4.19. The van der Waals surface area contributed by atoms with Gasteiger partial charge in [0.25, 0.3) is 0 Å². The van der Waals surface area contributed by atoms with Crippen molar-refractivity contribution >= 4 is 26.7 Å². The lowest BCUT2D eigenvalue weighted by molar-refractivity contribution is 1.30. The predicted molar refractivity (Wildman–Crippen MR) is 63.6 cm³/mol. The van der Waals surface area contributed by atoms with Crippen LogP contribution in [0.2, 0.25) is 0 Å². The predicted octanol–water partition coefficient (Wildman–Crippen LogP) is 3.49. The normalized spacial score (nSPS) is 10.3. The molecule has 0 spiro atoms. The zero-order valence-electron chi connectivity index (χ0n) is 8.50. The molecule has 0 atom stereocenters. The summed E-state index contributed by atoms with van der Waals surface area (Å²) in [7, 11) is 0. The van der Waals surface area contributed by atoms with E-state index in [0.717, 1.165) is 26.4 Å². The van der Waals surface area contributed by atoms with Crippen LogP contribution in [-0.2, 0) is 0 Å². The molecule has 1 aromatic heterocycles. The highest BCUT2D eigenvalue weighted by Crippen LogP contribution is 2.30. The van der Waals surface area contributed by atoms with Crippen molar-refractivity contribution in [3.63, 3.8) is 0 Å². The lowest BCUT2D eigenvalue weighted by Gasteiger charge is -2.08. The highest BCUT2D eigenvalue weighted by molar-refractivity contribution is 9.10. The van der Waals surface area contributed by atoms with E-state index in [-0.39, 0.29) is 0 Å². The number of benzene rings is 1. The molecule has 74 valence electrons. The summed E-state index contributed by atoms with van der Waals surface area (Å²) >= 11 is 3.54. The molecule has 0 radical (unpaired) electrons. The minimum Gasteiger partial charge on any atom is -0.263 e. The largest absolute Gasteiger partial charge is 0.263 e. The van der Waals surface area contributed by atoms with Gasteiger partial charge < -0.3 is 0 Å².